The zero-order valence-corrected chi connectivity index (χ0v) is 14.8. The molecule has 0 radical (unpaired) electrons. The summed E-state index contributed by atoms with van der Waals surface area (Å²) in [6.45, 7) is 2.19. The van der Waals surface area contributed by atoms with Crippen LogP contribution in [0.5, 0.6) is 0 Å². The highest BCUT2D eigenvalue weighted by atomic mass is 35.5. The molecule has 134 valence electrons. The van der Waals surface area contributed by atoms with E-state index in [0.29, 0.717) is 11.6 Å². The summed E-state index contributed by atoms with van der Waals surface area (Å²) in [7, 11) is 0. The Balaban J connectivity index is 1.53. The van der Waals surface area contributed by atoms with Crippen molar-refractivity contribution in [1.82, 2.24) is 10.2 Å². The van der Waals surface area contributed by atoms with Crippen LogP contribution in [-0.2, 0) is 25.7 Å². The second-order valence-corrected chi connectivity index (χ2v) is 7.04. The molecular weight excluding hydrogens is 344 g/mol. The fourth-order valence-corrected chi connectivity index (χ4v) is 2.98. The average molecular weight is 365 g/mol. The van der Waals surface area contributed by atoms with Gasteiger partial charge in [-0.3, -0.25) is 14.4 Å². The van der Waals surface area contributed by atoms with Gasteiger partial charge in [0, 0.05) is 30.6 Å². The number of halogens is 1. The Bertz CT molecular complexity index is 689. The molecule has 0 spiro atoms. The second kappa shape index (κ2) is 7.44. The average Bonchev–Trinajstić information content (AvgIpc) is 3.31. The first-order valence-electron chi connectivity index (χ1n) is 8.46. The molecule has 2 fully saturated rings. The molecule has 1 aliphatic heterocycles. The Hall–Kier alpha value is -2.08. The molecule has 0 aromatic heterocycles. The second-order valence-electron chi connectivity index (χ2n) is 6.63. The van der Waals surface area contributed by atoms with Crippen LogP contribution in [0.25, 0.3) is 0 Å². The van der Waals surface area contributed by atoms with Crippen LogP contribution in [0.4, 0.5) is 0 Å². The predicted molar refractivity (Wildman–Crippen MR) is 91.7 cm³/mol. The van der Waals surface area contributed by atoms with Crippen molar-refractivity contribution < 1.29 is 19.1 Å². The van der Waals surface area contributed by atoms with Crippen LogP contribution < -0.4 is 5.32 Å². The highest BCUT2D eigenvalue weighted by Gasteiger charge is 2.37. The SMILES string of the molecule is C[C@@H](OC(=O)[C@@H]1CC(=O)N(Cc2ccccc2Cl)C1)C(=O)NC1CC1. The third-order valence-electron chi connectivity index (χ3n) is 4.45. The van der Waals surface area contributed by atoms with Crippen molar-refractivity contribution in [3.8, 4) is 0 Å². The number of nitrogens with zero attached hydrogens (tertiary/aromatic N) is 1. The van der Waals surface area contributed by atoms with Gasteiger partial charge in [0.25, 0.3) is 5.91 Å². The van der Waals surface area contributed by atoms with E-state index in [1.54, 1.807) is 17.9 Å². The molecule has 3 rings (SSSR count). The monoisotopic (exact) mass is 364 g/mol. The number of hydrogen-bond donors (Lipinski definition) is 1. The molecule has 1 N–H and O–H groups in total. The maximum atomic E-state index is 12.3. The topological polar surface area (TPSA) is 75.7 Å². The van der Waals surface area contributed by atoms with E-state index in [1.165, 1.54) is 0 Å². The Morgan fingerprint density at radius 1 is 1.36 bits per heavy atom. The summed E-state index contributed by atoms with van der Waals surface area (Å²) >= 11 is 6.13. The van der Waals surface area contributed by atoms with Crippen LogP contribution in [0.15, 0.2) is 24.3 Å². The minimum absolute atomic E-state index is 0.0975. The van der Waals surface area contributed by atoms with E-state index in [-0.39, 0.29) is 30.8 Å². The number of rotatable bonds is 6. The van der Waals surface area contributed by atoms with E-state index in [9.17, 15) is 14.4 Å². The zero-order chi connectivity index (χ0) is 18.0. The van der Waals surface area contributed by atoms with Crippen molar-refractivity contribution in [1.29, 1.82) is 0 Å². The molecule has 1 heterocycles. The van der Waals surface area contributed by atoms with Gasteiger partial charge in [0.15, 0.2) is 6.10 Å². The van der Waals surface area contributed by atoms with Crippen LogP contribution in [0, 0.1) is 5.92 Å². The van der Waals surface area contributed by atoms with Crippen LogP contribution in [0.1, 0.15) is 31.7 Å². The number of esters is 1. The summed E-state index contributed by atoms with van der Waals surface area (Å²) in [6, 6.07) is 7.52. The first kappa shape index (κ1) is 17.7. The quantitative estimate of drug-likeness (QED) is 0.782. The van der Waals surface area contributed by atoms with Crippen molar-refractivity contribution in [2.45, 2.75) is 44.9 Å². The number of benzene rings is 1. The van der Waals surface area contributed by atoms with Gasteiger partial charge in [-0.05, 0) is 31.4 Å². The summed E-state index contributed by atoms with van der Waals surface area (Å²) in [6.07, 6.45) is 1.20. The van der Waals surface area contributed by atoms with E-state index >= 15 is 0 Å². The lowest BCUT2D eigenvalue weighted by Crippen LogP contribution is -2.38. The minimum Gasteiger partial charge on any atom is -0.452 e. The van der Waals surface area contributed by atoms with Crippen LogP contribution >= 0.6 is 11.6 Å². The summed E-state index contributed by atoms with van der Waals surface area (Å²) < 4.78 is 5.24. The minimum atomic E-state index is -0.846. The molecule has 6 nitrogen and oxygen atoms in total. The molecule has 2 atom stereocenters. The van der Waals surface area contributed by atoms with Crippen molar-refractivity contribution in [3.63, 3.8) is 0 Å². The smallest absolute Gasteiger partial charge is 0.312 e. The highest BCUT2D eigenvalue weighted by Crippen LogP contribution is 2.25. The number of nitrogens with one attached hydrogen (secondary N) is 1. The predicted octanol–water partition coefficient (Wildman–Crippen LogP) is 1.90. The van der Waals surface area contributed by atoms with Gasteiger partial charge in [-0.15, -0.1) is 0 Å². The molecular formula is C18H21ClN2O4. The lowest BCUT2D eigenvalue weighted by atomic mass is 10.1. The third-order valence-corrected chi connectivity index (χ3v) is 4.82. The molecule has 1 saturated heterocycles. The maximum absolute atomic E-state index is 12.3. The molecule has 2 amide bonds. The fourth-order valence-electron chi connectivity index (χ4n) is 2.79. The first-order chi connectivity index (χ1) is 11.9. The number of carbonyl (C=O) groups is 3. The van der Waals surface area contributed by atoms with Crippen molar-refractivity contribution in [2.75, 3.05) is 6.54 Å². The Labute approximate surface area is 151 Å². The molecule has 2 aliphatic rings. The van der Waals surface area contributed by atoms with Gasteiger partial charge < -0.3 is 15.0 Å². The van der Waals surface area contributed by atoms with Gasteiger partial charge in [0.1, 0.15) is 0 Å². The standard InChI is InChI=1S/C18H21ClN2O4/c1-11(17(23)20-14-6-7-14)25-18(24)13-8-16(22)21(10-13)9-12-4-2-3-5-15(12)19/h2-5,11,13-14H,6-10H2,1H3,(H,20,23)/t11-,13-/m1/s1. The summed E-state index contributed by atoms with van der Waals surface area (Å²) in [5.74, 6) is -1.45. The van der Waals surface area contributed by atoms with E-state index in [2.05, 4.69) is 5.32 Å². The van der Waals surface area contributed by atoms with E-state index in [4.69, 9.17) is 16.3 Å². The molecule has 1 aliphatic carbocycles. The number of hydrogen-bond acceptors (Lipinski definition) is 4. The molecule has 25 heavy (non-hydrogen) atoms. The number of likely N-dealkylation sites (tertiary alicyclic amines) is 1. The number of ether oxygens (including phenoxy) is 1. The van der Waals surface area contributed by atoms with Gasteiger partial charge in [0.2, 0.25) is 5.91 Å². The van der Waals surface area contributed by atoms with Crippen molar-refractivity contribution >= 4 is 29.4 Å². The van der Waals surface area contributed by atoms with Gasteiger partial charge in [0.05, 0.1) is 5.92 Å². The number of amides is 2. The van der Waals surface area contributed by atoms with Gasteiger partial charge in [-0.25, -0.2) is 0 Å². The van der Waals surface area contributed by atoms with Gasteiger partial charge >= 0.3 is 5.97 Å². The maximum Gasteiger partial charge on any atom is 0.312 e. The van der Waals surface area contributed by atoms with Crippen molar-refractivity contribution in [2.24, 2.45) is 5.92 Å². The van der Waals surface area contributed by atoms with Crippen LogP contribution in [0.3, 0.4) is 0 Å². The summed E-state index contributed by atoms with van der Waals surface area (Å²) in [5, 5.41) is 3.39. The molecule has 1 aromatic carbocycles. The molecule has 0 unspecified atom stereocenters. The summed E-state index contributed by atoms with van der Waals surface area (Å²) in [5.41, 5.74) is 0.837. The molecule has 7 heteroatoms. The molecule has 0 bridgehead atoms. The summed E-state index contributed by atoms with van der Waals surface area (Å²) in [4.78, 5) is 37.9. The molecule has 1 saturated carbocycles. The van der Waals surface area contributed by atoms with Crippen LogP contribution in [0.2, 0.25) is 5.02 Å². The van der Waals surface area contributed by atoms with E-state index in [1.807, 2.05) is 18.2 Å². The third kappa shape index (κ3) is 4.51. The lowest BCUT2D eigenvalue weighted by molar-refractivity contribution is -0.158. The fraction of sp³-hybridized carbons (Fsp3) is 0.500. The largest absolute Gasteiger partial charge is 0.452 e. The zero-order valence-electron chi connectivity index (χ0n) is 14.0. The molecule has 1 aromatic rings. The van der Waals surface area contributed by atoms with Gasteiger partial charge in [-0.1, -0.05) is 29.8 Å². The highest BCUT2D eigenvalue weighted by molar-refractivity contribution is 6.31. The Morgan fingerprint density at radius 2 is 2.08 bits per heavy atom. The first-order valence-corrected chi connectivity index (χ1v) is 8.84. The van der Waals surface area contributed by atoms with E-state index < -0.39 is 18.0 Å². The Morgan fingerprint density at radius 3 is 2.76 bits per heavy atom. The Kier molecular flexibility index (Phi) is 5.27. The normalized spacial score (nSPS) is 21.1. The van der Waals surface area contributed by atoms with E-state index in [0.717, 1.165) is 18.4 Å². The van der Waals surface area contributed by atoms with Crippen molar-refractivity contribution in [3.05, 3.63) is 34.9 Å². The van der Waals surface area contributed by atoms with Gasteiger partial charge in [-0.2, -0.15) is 0 Å². The number of carbonyl (C=O) groups excluding carboxylic acids is 3. The van der Waals surface area contributed by atoms with Crippen LogP contribution in [-0.4, -0.2) is 41.4 Å². The lowest BCUT2D eigenvalue weighted by Gasteiger charge is -2.18.